The number of thioether (sulfide) groups is 1. The van der Waals surface area contributed by atoms with E-state index in [2.05, 4.69) is 17.2 Å². The van der Waals surface area contributed by atoms with Crippen LogP contribution in [0.5, 0.6) is 0 Å². The topological polar surface area (TPSA) is 41.1 Å². The van der Waals surface area contributed by atoms with Crippen molar-refractivity contribution in [3.63, 3.8) is 0 Å². The predicted octanol–water partition coefficient (Wildman–Crippen LogP) is 0.241. The first-order chi connectivity index (χ1) is 5.81. The zero-order chi connectivity index (χ0) is 9.23. The summed E-state index contributed by atoms with van der Waals surface area (Å²) in [6.45, 7) is 4.73. The summed E-state index contributed by atoms with van der Waals surface area (Å²) in [5.41, 5.74) is 0. The van der Waals surface area contributed by atoms with E-state index >= 15 is 0 Å². The minimum absolute atomic E-state index is 0.0525. The Bertz CT molecular complexity index is 139. The summed E-state index contributed by atoms with van der Waals surface area (Å²) in [7, 11) is 1.76. The van der Waals surface area contributed by atoms with Gasteiger partial charge in [0.2, 0.25) is 5.91 Å². The Morgan fingerprint density at radius 2 is 2.42 bits per heavy atom. The lowest BCUT2D eigenvalue weighted by Gasteiger charge is -2.02. The van der Waals surface area contributed by atoms with Gasteiger partial charge in [-0.05, 0) is 7.05 Å². The van der Waals surface area contributed by atoms with Crippen LogP contribution in [0.1, 0.15) is 0 Å². The molecule has 0 bridgehead atoms. The fourth-order valence-electron chi connectivity index (χ4n) is 0.652. The van der Waals surface area contributed by atoms with Crippen LogP contribution in [-0.4, -0.2) is 37.6 Å². The van der Waals surface area contributed by atoms with Gasteiger partial charge in [-0.15, -0.1) is 6.58 Å². The highest BCUT2D eigenvalue weighted by Crippen LogP contribution is 1.96. The zero-order valence-corrected chi connectivity index (χ0v) is 8.25. The predicted molar refractivity (Wildman–Crippen MR) is 54.5 cm³/mol. The Kier molecular flexibility index (Phi) is 8.27. The fourth-order valence-corrected chi connectivity index (χ4v) is 1.23. The molecule has 0 saturated heterocycles. The highest BCUT2D eigenvalue weighted by atomic mass is 32.2. The standard InChI is InChI=1S/C8H16N2OS/c1-3-5-12-6-4-10-8(11)7-9-2/h3,9H,1,4-7H2,2H3,(H,10,11). The number of nitrogens with one attached hydrogen (secondary N) is 2. The minimum atomic E-state index is 0.0525. The molecule has 0 rings (SSSR count). The summed E-state index contributed by atoms with van der Waals surface area (Å²) in [6, 6.07) is 0. The first kappa shape index (κ1) is 11.5. The largest absolute Gasteiger partial charge is 0.354 e. The maximum atomic E-state index is 10.9. The van der Waals surface area contributed by atoms with Crippen molar-refractivity contribution in [2.45, 2.75) is 0 Å². The molecule has 2 N–H and O–H groups in total. The van der Waals surface area contributed by atoms with Gasteiger partial charge in [-0.25, -0.2) is 0 Å². The molecule has 0 aliphatic carbocycles. The second-order valence-corrected chi connectivity index (χ2v) is 3.39. The van der Waals surface area contributed by atoms with Crippen LogP contribution in [0.15, 0.2) is 12.7 Å². The summed E-state index contributed by atoms with van der Waals surface area (Å²) in [5, 5.41) is 5.57. The smallest absolute Gasteiger partial charge is 0.233 e. The molecule has 70 valence electrons. The van der Waals surface area contributed by atoms with Crippen LogP contribution in [0, 0.1) is 0 Å². The van der Waals surface area contributed by atoms with Crippen LogP contribution < -0.4 is 10.6 Å². The van der Waals surface area contributed by atoms with Crippen molar-refractivity contribution in [1.82, 2.24) is 10.6 Å². The second-order valence-electron chi connectivity index (χ2n) is 2.24. The third kappa shape index (κ3) is 7.63. The summed E-state index contributed by atoms with van der Waals surface area (Å²) in [4.78, 5) is 10.9. The van der Waals surface area contributed by atoms with Gasteiger partial charge in [0.05, 0.1) is 6.54 Å². The molecule has 1 amide bonds. The molecule has 0 aliphatic rings. The number of carbonyl (C=O) groups is 1. The SMILES string of the molecule is C=CCSCCNC(=O)CNC. The lowest BCUT2D eigenvalue weighted by Crippen LogP contribution is -2.33. The molecule has 0 saturated carbocycles. The van der Waals surface area contributed by atoms with Crippen molar-refractivity contribution < 1.29 is 4.79 Å². The molecular weight excluding hydrogens is 172 g/mol. The van der Waals surface area contributed by atoms with Gasteiger partial charge in [0.1, 0.15) is 0 Å². The summed E-state index contributed by atoms with van der Waals surface area (Å²) in [6.07, 6.45) is 1.86. The van der Waals surface area contributed by atoms with Crippen molar-refractivity contribution in [3.05, 3.63) is 12.7 Å². The Morgan fingerprint density at radius 3 is 3.00 bits per heavy atom. The van der Waals surface area contributed by atoms with E-state index < -0.39 is 0 Å². The molecule has 0 unspecified atom stereocenters. The summed E-state index contributed by atoms with van der Waals surface area (Å²) >= 11 is 1.76. The monoisotopic (exact) mass is 188 g/mol. The van der Waals surface area contributed by atoms with Crippen LogP contribution in [0.2, 0.25) is 0 Å². The molecule has 0 radical (unpaired) electrons. The van der Waals surface area contributed by atoms with Crippen LogP contribution in [-0.2, 0) is 4.79 Å². The minimum Gasteiger partial charge on any atom is -0.354 e. The Balaban J connectivity index is 3.08. The Labute approximate surface area is 78.0 Å². The molecule has 0 atom stereocenters. The zero-order valence-electron chi connectivity index (χ0n) is 7.43. The van der Waals surface area contributed by atoms with Crippen LogP contribution in [0.4, 0.5) is 0 Å². The van der Waals surface area contributed by atoms with E-state index in [9.17, 15) is 4.79 Å². The maximum absolute atomic E-state index is 10.9. The van der Waals surface area contributed by atoms with E-state index in [1.54, 1.807) is 18.8 Å². The highest BCUT2D eigenvalue weighted by molar-refractivity contribution is 7.99. The molecule has 0 fully saturated rings. The van der Waals surface area contributed by atoms with Crippen molar-refractivity contribution in [2.24, 2.45) is 0 Å². The van der Waals surface area contributed by atoms with Crippen molar-refractivity contribution in [2.75, 3.05) is 31.6 Å². The average Bonchev–Trinajstić information content (AvgIpc) is 2.05. The van der Waals surface area contributed by atoms with Gasteiger partial charge in [0, 0.05) is 18.1 Å². The molecule has 4 heteroatoms. The first-order valence-corrected chi connectivity index (χ1v) is 5.06. The summed E-state index contributed by atoms with van der Waals surface area (Å²) in [5.74, 6) is 1.94. The molecule has 0 aromatic rings. The van der Waals surface area contributed by atoms with E-state index in [-0.39, 0.29) is 5.91 Å². The van der Waals surface area contributed by atoms with Gasteiger partial charge in [0.15, 0.2) is 0 Å². The van der Waals surface area contributed by atoms with Crippen molar-refractivity contribution in [3.8, 4) is 0 Å². The number of rotatable bonds is 7. The van der Waals surface area contributed by atoms with E-state index in [4.69, 9.17) is 0 Å². The number of hydrogen-bond acceptors (Lipinski definition) is 3. The molecule has 0 aromatic carbocycles. The molecule has 0 heterocycles. The van der Waals surface area contributed by atoms with E-state index in [1.165, 1.54) is 0 Å². The molecule has 3 nitrogen and oxygen atoms in total. The first-order valence-electron chi connectivity index (χ1n) is 3.91. The number of hydrogen-bond donors (Lipinski definition) is 2. The van der Waals surface area contributed by atoms with E-state index in [0.29, 0.717) is 6.54 Å². The molecule has 0 spiro atoms. The second kappa shape index (κ2) is 8.62. The van der Waals surface area contributed by atoms with Gasteiger partial charge in [-0.1, -0.05) is 6.08 Å². The lowest BCUT2D eigenvalue weighted by molar-refractivity contribution is -0.120. The molecular formula is C8H16N2OS. The summed E-state index contributed by atoms with van der Waals surface area (Å²) < 4.78 is 0. The maximum Gasteiger partial charge on any atom is 0.233 e. The number of likely N-dealkylation sites (N-methyl/N-ethyl adjacent to an activating group) is 1. The van der Waals surface area contributed by atoms with Gasteiger partial charge in [-0.2, -0.15) is 11.8 Å². The van der Waals surface area contributed by atoms with Crippen molar-refractivity contribution in [1.29, 1.82) is 0 Å². The van der Waals surface area contributed by atoms with E-state index in [1.807, 2.05) is 6.08 Å². The third-order valence-electron chi connectivity index (χ3n) is 1.14. The fraction of sp³-hybridized carbons (Fsp3) is 0.625. The van der Waals surface area contributed by atoms with E-state index in [0.717, 1.165) is 18.1 Å². The molecule has 0 aliphatic heterocycles. The van der Waals surface area contributed by atoms with Gasteiger partial charge >= 0.3 is 0 Å². The van der Waals surface area contributed by atoms with Gasteiger partial charge in [0.25, 0.3) is 0 Å². The van der Waals surface area contributed by atoms with Gasteiger partial charge < -0.3 is 10.6 Å². The van der Waals surface area contributed by atoms with Crippen LogP contribution >= 0.6 is 11.8 Å². The number of carbonyl (C=O) groups excluding carboxylic acids is 1. The third-order valence-corrected chi connectivity index (χ3v) is 2.11. The molecule has 12 heavy (non-hydrogen) atoms. The number of amides is 1. The lowest BCUT2D eigenvalue weighted by atomic mass is 10.5. The van der Waals surface area contributed by atoms with Gasteiger partial charge in [-0.3, -0.25) is 4.79 Å². The normalized spacial score (nSPS) is 9.42. The quantitative estimate of drug-likeness (QED) is 0.444. The molecule has 0 aromatic heterocycles. The van der Waals surface area contributed by atoms with Crippen LogP contribution in [0.25, 0.3) is 0 Å². The highest BCUT2D eigenvalue weighted by Gasteiger charge is 1.95. The Morgan fingerprint density at radius 1 is 1.67 bits per heavy atom. The average molecular weight is 188 g/mol. The van der Waals surface area contributed by atoms with Crippen molar-refractivity contribution >= 4 is 17.7 Å². The van der Waals surface area contributed by atoms with Crippen LogP contribution in [0.3, 0.4) is 0 Å². The Hall–Kier alpha value is -0.480.